The summed E-state index contributed by atoms with van der Waals surface area (Å²) in [4.78, 5) is 11.8. The molecule has 0 saturated heterocycles. The zero-order valence-corrected chi connectivity index (χ0v) is 11.7. The van der Waals surface area contributed by atoms with Crippen LogP contribution in [0.4, 0.5) is 0 Å². The first kappa shape index (κ1) is 16.0. The third-order valence-electron chi connectivity index (χ3n) is 3.63. The smallest absolute Gasteiger partial charge is 0.333 e. The van der Waals surface area contributed by atoms with Crippen LogP contribution in [-0.2, 0) is 23.5 Å². The highest BCUT2D eigenvalue weighted by Gasteiger charge is 2.39. The number of phenols is 1. The maximum absolute atomic E-state index is 11.8. The molecule has 0 aromatic heterocycles. The summed E-state index contributed by atoms with van der Waals surface area (Å²) in [6.45, 7) is -1.01. The van der Waals surface area contributed by atoms with Gasteiger partial charge in [0.2, 0.25) is 0 Å². The van der Waals surface area contributed by atoms with Crippen LogP contribution in [0.3, 0.4) is 0 Å². The van der Waals surface area contributed by atoms with Crippen molar-refractivity contribution in [3.8, 4) is 5.75 Å². The SMILES string of the molecule is NC(C(=O)O)(c1ccccc1)c1cc(CO)c(O)c(CO)c1. The molecule has 22 heavy (non-hydrogen) atoms. The van der Waals surface area contributed by atoms with Crippen molar-refractivity contribution < 1.29 is 25.2 Å². The molecule has 0 saturated carbocycles. The molecule has 6 N–H and O–H groups in total. The van der Waals surface area contributed by atoms with Crippen molar-refractivity contribution in [2.45, 2.75) is 18.8 Å². The van der Waals surface area contributed by atoms with E-state index in [0.29, 0.717) is 5.56 Å². The van der Waals surface area contributed by atoms with Gasteiger partial charge in [-0.25, -0.2) is 4.79 Å². The quantitative estimate of drug-likeness (QED) is 0.553. The van der Waals surface area contributed by atoms with Crippen LogP contribution in [0.5, 0.6) is 5.75 Å². The third-order valence-corrected chi connectivity index (χ3v) is 3.63. The molecule has 1 atom stereocenters. The maximum atomic E-state index is 11.8. The lowest BCUT2D eigenvalue weighted by molar-refractivity contribution is -0.142. The molecule has 0 heterocycles. The number of aliphatic hydroxyl groups excluding tert-OH is 2. The van der Waals surface area contributed by atoms with E-state index >= 15 is 0 Å². The number of carboxylic acid groups (broad SMARTS) is 1. The van der Waals surface area contributed by atoms with Gasteiger partial charge in [-0.05, 0) is 23.3 Å². The summed E-state index contributed by atoms with van der Waals surface area (Å²) in [6.07, 6.45) is 0. The van der Waals surface area contributed by atoms with Gasteiger partial charge in [0.05, 0.1) is 13.2 Å². The molecule has 0 amide bonds. The lowest BCUT2D eigenvalue weighted by atomic mass is 9.82. The van der Waals surface area contributed by atoms with E-state index in [9.17, 15) is 25.2 Å². The molecule has 6 heteroatoms. The van der Waals surface area contributed by atoms with Crippen molar-refractivity contribution in [1.29, 1.82) is 0 Å². The molecule has 2 rings (SSSR count). The van der Waals surface area contributed by atoms with Crippen LogP contribution in [0.1, 0.15) is 22.3 Å². The lowest BCUT2D eigenvalue weighted by Crippen LogP contribution is -2.46. The Balaban J connectivity index is 2.72. The Labute approximate surface area is 127 Å². The monoisotopic (exact) mass is 303 g/mol. The van der Waals surface area contributed by atoms with Crippen LogP contribution < -0.4 is 5.73 Å². The van der Waals surface area contributed by atoms with Gasteiger partial charge in [-0.15, -0.1) is 0 Å². The lowest BCUT2D eigenvalue weighted by Gasteiger charge is -2.27. The Morgan fingerprint density at radius 1 is 1.00 bits per heavy atom. The second-order valence-electron chi connectivity index (χ2n) is 4.94. The molecule has 0 bridgehead atoms. The fourth-order valence-electron chi connectivity index (χ4n) is 2.34. The average molecular weight is 303 g/mol. The van der Waals surface area contributed by atoms with E-state index in [2.05, 4.69) is 0 Å². The van der Waals surface area contributed by atoms with E-state index < -0.39 is 24.7 Å². The van der Waals surface area contributed by atoms with Gasteiger partial charge >= 0.3 is 5.97 Å². The summed E-state index contributed by atoms with van der Waals surface area (Å²) in [6, 6.07) is 10.9. The Morgan fingerprint density at radius 3 is 1.91 bits per heavy atom. The zero-order chi connectivity index (χ0) is 16.3. The number of rotatable bonds is 5. The van der Waals surface area contributed by atoms with Crippen molar-refractivity contribution in [1.82, 2.24) is 0 Å². The fraction of sp³-hybridized carbons (Fsp3) is 0.188. The third kappa shape index (κ3) is 2.55. The van der Waals surface area contributed by atoms with Crippen LogP contribution in [0.15, 0.2) is 42.5 Å². The van der Waals surface area contributed by atoms with E-state index in [0.717, 1.165) is 0 Å². The number of aliphatic hydroxyl groups is 2. The Kier molecular flexibility index (Phi) is 4.46. The summed E-state index contributed by atoms with van der Waals surface area (Å²) >= 11 is 0. The second-order valence-corrected chi connectivity index (χ2v) is 4.94. The van der Waals surface area contributed by atoms with Gasteiger partial charge in [0.25, 0.3) is 0 Å². The van der Waals surface area contributed by atoms with Crippen LogP contribution in [0, 0.1) is 0 Å². The molecule has 0 aliphatic heterocycles. The number of nitrogens with two attached hydrogens (primary N) is 1. The van der Waals surface area contributed by atoms with E-state index in [4.69, 9.17) is 5.73 Å². The van der Waals surface area contributed by atoms with Gasteiger partial charge in [-0.2, -0.15) is 0 Å². The largest absolute Gasteiger partial charge is 0.507 e. The second kappa shape index (κ2) is 6.15. The van der Waals surface area contributed by atoms with Crippen molar-refractivity contribution in [2.75, 3.05) is 0 Å². The number of hydrogen-bond acceptors (Lipinski definition) is 5. The number of carboxylic acids is 1. The molecule has 2 aromatic carbocycles. The number of benzene rings is 2. The number of aliphatic carboxylic acids is 1. The van der Waals surface area contributed by atoms with Crippen LogP contribution in [0.25, 0.3) is 0 Å². The summed E-state index contributed by atoms with van der Waals surface area (Å²) < 4.78 is 0. The van der Waals surface area contributed by atoms with E-state index in [1.807, 2.05) is 0 Å². The minimum Gasteiger partial charge on any atom is -0.507 e. The fourth-order valence-corrected chi connectivity index (χ4v) is 2.34. The van der Waals surface area contributed by atoms with Crippen molar-refractivity contribution >= 4 is 5.97 Å². The molecule has 0 spiro atoms. The normalized spacial score (nSPS) is 13.6. The number of hydrogen-bond donors (Lipinski definition) is 5. The predicted molar refractivity (Wildman–Crippen MR) is 79.0 cm³/mol. The molecule has 116 valence electrons. The van der Waals surface area contributed by atoms with Crippen molar-refractivity contribution in [3.63, 3.8) is 0 Å². The molecule has 6 nitrogen and oxygen atoms in total. The van der Waals surface area contributed by atoms with Gasteiger partial charge in [0.1, 0.15) is 5.75 Å². The van der Waals surface area contributed by atoms with Crippen LogP contribution in [-0.4, -0.2) is 26.4 Å². The zero-order valence-electron chi connectivity index (χ0n) is 11.7. The highest BCUT2D eigenvalue weighted by Crippen LogP contribution is 2.33. The Morgan fingerprint density at radius 2 is 1.50 bits per heavy atom. The van der Waals surface area contributed by atoms with Crippen LogP contribution in [0.2, 0.25) is 0 Å². The Bertz CT molecular complexity index is 661. The number of aromatic hydroxyl groups is 1. The highest BCUT2D eigenvalue weighted by molar-refractivity contribution is 5.85. The molecular formula is C16H17NO5. The molecule has 0 aliphatic carbocycles. The first-order valence-electron chi connectivity index (χ1n) is 6.59. The Hall–Kier alpha value is -2.41. The maximum Gasteiger partial charge on any atom is 0.333 e. The van der Waals surface area contributed by atoms with E-state index in [-0.39, 0.29) is 22.4 Å². The standard InChI is InChI=1S/C16H17NO5/c17-16(15(21)22,12-4-2-1-3-5-12)13-6-10(8-18)14(20)11(7-13)9-19/h1-7,18-20H,8-9,17H2,(H,21,22). The van der Waals surface area contributed by atoms with Gasteiger partial charge in [-0.3, -0.25) is 0 Å². The summed E-state index contributed by atoms with van der Waals surface area (Å²) in [5.74, 6) is -1.55. The first-order chi connectivity index (χ1) is 10.4. The molecule has 1 unspecified atom stereocenters. The highest BCUT2D eigenvalue weighted by atomic mass is 16.4. The van der Waals surface area contributed by atoms with Crippen molar-refractivity contribution in [3.05, 3.63) is 64.7 Å². The molecule has 0 aliphatic rings. The van der Waals surface area contributed by atoms with Gasteiger partial charge in [0, 0.05) is 11.1 Å². The van der Waals surface area contributed by atoms with Gasteiger partial charge in [0.15, 0.2) is 5.54 Å². The summed E-state index contributed by atoms with van der Waals surface area (Å²) in [7, 11) is 0. The molecular weight excluding hydrogens is 286 g/mol. The summed E-state index contributed by atoms with van der Waals surface area (Å²) in [5, 5.41) is 38.1. The average Bonchev–Trinajstić information content (AvgIpc) is 2.54. The summed E-state index contributed by atoms with van der Waals surface area (Å²) in [5.41, 5.74) is 5.00. The minimum atomic E-state index is -1.86. The van der Waals surface area contributed by atoms with Gasteiger partial charge in [-0.1, -0.05) is 30.3 Å². The van der Waals surface area contributed by atoms with E-state index in [1.165, 1.54) is 12.1 Å². The molecule has 0 radical (unpaired) electrons. The van der Waals surface area contributed by atoms with E-state index in [1.54, 1.807) is 30.3 Å². The molecule has 2 aromatic rings. The predicted octanol–water partition coefficient (Wildman–Crippen LogP) is 0.664. The van der Waals surface area contributed by atoms with Gasteiger partial charge < -0.3 is 26.2 Å². The number of carbonyl (C=O) groups is 1. The topological polar surface area (TPSA) is 124 Å². The van der Waals surface area contributed by atoms with Crippen molar-refractivity contribution in [2.24, 2.45) is 5.73 Å². The first-order valence-corrected chi connectivity index (χ1v) is 6.59. The minimum absolute atomic E-state index is 0.105. The molecule has 0 fully saturated rings. The van der Waals surface area contributed by atoms with Crippen LogP contribution >= 0.6 is 0 Å².